The Bertz CT molecular complexity index is 305. The summed E-state index contributed by atoms with van der Waals surface area (Å²) in [6, 6.07) is -0.754. The van der Waals surface area contributed by atoms with Gasteiger partial charge in [-0.2, -0.15) is 0 Å². The van der Waals surface area contributed by atoms with Gasteiger partial charge in [-0.3, -0.25) is 4.79 Å². The first kappa shape index (κ1) is 20.9. The second-order valence-corrected chi connectivity index (χ2v) is 6.35. The lowest BCUT2D eigenvalue weighted by Crippen LogP contribution is -2.44. The van der Waals surface area contributed by atoms with Crippen LogP contribution in [-0.2, 0) is 9.59 Å². The Labute approximate surface area is 136 Å². The molecule has 0 rings (SSSR count). The first-order chi connectivity index (χ1) is 10.5. The monoisotopic (exact) mass is 313 g/mol. The number of hydrogen-bond acceptors (Lipinski definition) is 2. The summed E-state index contributed by atoms with van der Waals surface area (Å²) in [5, 5.41) is 11.8. The Morgan fingerprint density at radius 3 is 1.86 bits per heavy atom. The van der Waals surface area contributed by atoms with Crippen LogP contribution in [0.4, 0.5) is 0 Å². The lowest BCUT2D eigenvalue weighted by Gasteiger charge is -2.20. The third-order valence-corrected chi connectivity index (χ3v) is 4.30. The van der Waals surface area contributed by atoms with Gasteiger partial charge in [0.15, 0.2) is 0 Å². The van der Waals surface area contributed by atoms with Gasteiger partial charge >= 0.3 is 5.97 Å². The minimum Gasteiger partial charge on any atom is -0.480 e. The number of carboxylic acids is 1. The molecule has 2 N–H and O–H groups in total. The third kappa shape index (κ3) is 10.6. The third-order valence-electron chi connectivity index (χ3n) is 4.30. The van der Waals surface area contributed by atoms with Crippen molar-refractivity contribution < 1.29 is 14.7 Å². The summed E-state index contributed by atoms with van der Waals surface area (Å²) in [6.45, 7) is 6.02. The molecule has 0 aromatic rings. The van der Waals surface area contributed by atoms with Crippen molar-refractivity contribution in [2.24, 2.45) is 5.92 Å². The van der Waals surface area contributed by atoms with E-state index in [0.717, 1.165) is 19.3 Å². The van der Waals surface area contributed by atoms with E-state index in [4.69, 9.17) is 5.11 Å². The number of carboxylic acid groups (broad SMARTS) is 1. The van der Waals surface area contributed by atoms with Crippen molar-refractivity contribution in [2.45, 2.75) is 97.4 Å². The lowest BCUT2D eigenvalue weighted by atomic mass is 9.99. The van der Waals surface area contributed by atoms with Crippen LogP contribution >= 0.6 is 0 Å². The summed E-state index contributed by atoms with van der Waals surface area (Å²) in [6.07, 6.45) is 12.1. The molecule has 0 radical (unpaired) electrons. The molecule has 130 valence electrons. The van der Waals surface area contributed by atoms with Gasteiger partial charge in [0.1, 0.15) is 6.04 Å². The Morgan fingerprint density at radius 1 is 0.909 bits per heavy atom. The fraction of sp³-hybridized carbons (Fsp3) is 0.889. The molecule has 4 heteroatoms. The van der Waals surface area contributed by atoms with Crippen LogP contribution < -0.4 is 5.32 Å². The molecule has 0 aromatic heterocycles. The van der Waals surface area contributed by atoms with Crippen LogP contribution in [0, 0.1) is 5.92 Å². The number of amides is 1. The van der Waals surface area contributed by atoms with Crippen LogP contribution in [0.5, 0.6) is 0 Å². The fourth-order valence-electron chi connectivity index (χ4n) is 2.52. The van der Waals surface area contributed by atoms with Crippen molar-refractivity contribution in [3.05, 3.63) is 0 Å². The molecular weight excluding hydrogens is 278 g/mol. The molecule has 0 fully saturated rings. The summed E-state index contributed by atoms with van der Waals surface area (Å²) < 4.78 is 0. The van der Waals surface area contributed by atoms with Gasteiger partial charge in [-0.1, -0.05) is 78.6 Å². The molecule has 0 aliphatic rings. The normalized spacial score (nSPS) is 13.6. The van der Waals surface area contributed by atoms with Crippen LogP contribution in [0.2, 0.25) is 0 Å². The molecule has 0 aromatic carbocycles. The molecule has 4 nitrogen and oxygen atoms in total. The largest absolute Gasteiger partial charge is 0.480 e. The number of rotatable bonds is 14. The average molecular weight is 313 g/mol. The predicted octanol–water partition coefficient (Wildman–Crippen LogP) is 4.52. The summed E-state index contributed by atoms with van der Waals surface area (Å²) in [5.41, 5.74) is 0. The van der Waals surface area contributed by atoms with Gasteiger partial charge in [0, 0.05) is 6.42 Å². The maximum Gasteiger partial charge on any atom is 0.326 e. The highest BCUT2D eigenvalue weighted by atomic mass is 16.4. The molecule has 0 aliphatic heterocycles. The molecule has 0 heterocycles. The quantitative estimate of drug-likeness (QED) is 0.463. The van der Waals surface area contributed by atoms with E-state index in [1.165, 1.54) is 44.9 Å². The Balaban J connectivity index is 3.66. The maximum absolute atomic E-state index is 11.8. The van der Waals surface area contributed by atoms with Crippen molar-refractivity contribution in [2.75, 3.05) is 0 Å². The second-order valence-electron chi connectivity index (χ2n) is 6.35. The van der Waals surface area contributed by atoms with Crippen molar-refractivity contribution in [3.8, 4) is 0 Å². The Hall–Kier alpha value is -1.06. The van der Waals surface area contributed by atoms with Gasteiger partial charge in [0.05, 0.1) is 0 Å². The van der Waals surface area contributed by atoms with Crippen molar-refractivity contribution in [1.29, 1.82) is 0 Å². The van der Waals surface area contributed by atoms with E-state index in [0.29, 0.717) is 6.42 Å². The second kappa shape index (κ2) is 13.6. The van der Waals surface area contributed by atoms with Crippen LogP contribution in [0.3, 0.4) is 0 Å². The van der Waals surface area contributed by atoms with Gasteiger partial charge in [0.2, 0.25) is 5.91 Å². The molecule has 22 heavy (non-hydrogen) atoms. The van der Waals surface area contributed by atoms with Crippen molar-refractivity contribution >= 4 is 11.9 Å². The number of aliphatic carboxylic acids is 1. The number of carbonyl (C=O) groups excluding carboxylic acids is 1. The number of carbonyl (C=O) groups is 2. The molecule has 0 unspecified atom stereocenters. The molecule has 0 bridgehead atoms. The number of unbranched alkanes of at least 4 members (excludes halogenated alkanes) is 8. The molecule has 1 amide bonds. The maximum atomic E-state index is 11.8. The molecule has 0 saturated heterocycles. The zero-order chi connectivity index (χ0) is 16.8. The van der Waals surface area contributed by atoms with E-state index in [1.54, 1.807) is 0 Å². The van der Waals surface area contributed by atoms with Gasteiger partial charge in [-0.25, -0.2) is 4.79 Å². The van der Waals surface area contributed by atoms with Gasteiger partial charge < -0.3 is 10.4 Å². The van der Waals surface area contributed by atoms with Gasteiger partial charge in [-0.15, -0.1) is 0 Å². The highest BCUT2D eigenvalue weighted by Crippen LogP contribution is 2.11. The summed E-state index contributed by atoms with van der Waals surface area (Å²) in [7, 11) is 0. The minimum atomic E-state index is -0.935. The first-order valence-electron chi connectivity index (χ1n) is 9.05. The van der Waals surface area contributed by atoms with E-state index in [9.17, 15) is 9.59 Å². The zero-order valence-electron chi connectivity index (χ0n) is 14.7. The Morgan fingerprint density at radius 2 is 1.41 bits per heavy atom. The smallest absolute Gasteiger partial charge is 0.326 e. The van der Waals surface area contributed by atoms with Crippen LogP contribution in [-0.4, -0.2) is 23.0 Å². The molecule has 0 aliphatic carbocycles. The average Bonchev–Trinajstić information content (AvgIpc) is 2.50. The van der Waals surface area contributed by atoms with Crippen LogP contribution in [0.1, 0.15) is 91.4 Å². The molecule has 0 saturated carbocycles. The van der Waals surface area contributed by atoms with Crippen molar-refractivity contribution in [1.82, 2.24) is 5.32 Å². The zero-order valence-corrected chi connectivity index (χ0v) is 14.7. The summed E-state index contributed by atoms with van der Waals surface area (Å²) in [4.78, 5) is 23.0. The summed E-state index contributed by atoms with van der Waals surface area (Å²) >= 11 is 0. The first-order valence-corrected chi connectivity index (χ1v) is 9.05. The van der Waals surface area contributed by atoms with Crippen LogP contribution in [0.25, 0.3) is 0 Å². The minimum absolute atomic E-state index is 0.0374. The van der Waals surface area contributed by atoms with Gasteiger partial charge in [-0.05, 0) is 12.3 Å². The van der Waals surface area contributed by atoms with Crippen molar-refractivity contribution in [3.63, 3.8) is 0 Å². The molecule has 2 atom stereocenters. The Kier molecular flexibility index (Phi) is 12.9. The van der Waals surface area contributed by atoms with E-state index in [1.807, 2.05) is 13.8 Å². The van der Waals surface area contributed by atoms with Crippen LogP contribution in [0.15, 0.2) is 0 Å². The summed E-state index contributed by atoms with van der Waals surface area (Å²) in [5.74, 6) is -1.10. The highest BCUT2D eigenvalue weighted by molar-refractivity contribution is 5.83. The topological polar surface area (TPSA) is 66.4 Å². The standard InChI is InChI=1S/C18H35NO3/c1-4-6-7-8-9-10-11-12-13-14-16(20)19-17(18(21)22)15(3)5-2/h15,17H,4-14H2,1-3H3,(H,19,20)(H,21,22)/t15-,17-/m1/s1. The van der Waals surface area contributed by atoms with E-state index in [2.05, 4.69) is 12.2 Å². The number of hydrogen-bond donors (Lipinski definition) is 2. The predicted molar refractivity (Wildman–Crippen MR) is 90.9 cm³/mol. The van der Waals surface area contributed by atoms with E-state index >= 15 is 0 Å². The molecular formula is C18H35NO3. The molecule has 0 spiro atoms. The van der Waals surface area contributed by atoms with E-state index < -0.39 is 12.0 Å². The lowest BCUT2D eigenvalue weighted by molar-refractivity contribution is -0.143. The SMILES string of the molecule is CCCCCCCCCCCC(=O)N[C@@H](C(=O)O)[C@H](C)CC. The highest BCUT2D eigenvalue weighted by Gasteiger charge is 2.24. The number of nitrogens with one attached hydrogen (secondary N) is 1. The van der Waals surface area contributed by atoms with E-state index in [-0.39, 0.29) is 11.8 Å². The van der Waals surface area contributed by atoms with Gasteiger partial charge in [0.25, 0.3) is 0 Å². The fourth-order valence-corrected chi connectivity index (χ4v) is 2.52.